The summed E-state index contributed by atoms with van der Waals surface area (Å²) in [5.41, 5.74) is 0.298. The lowest BCUT2D eigenvalue weighted by molar-refractivity contribution is -0.134. The summed E-state index contributed by atoms with van der Waals surface area (Å²) in [7, 11) is 0. The first kappa shape index (κ1) is 19.0. The number of amides is 3. The average molecular weight is 389 g/mol. The number of halogens is 1. The molecule has 2 heterocycles. The molecule has 2 aromatic rings. The number of hydrogen-bond donors (Lipinski definition) is 1. The van der Waals surface area contributed by atoms with Gasteiger partial charge in [-0.2, -0.15) is 0 Å². The van der Waals surface area contributed by atoms with Crippen molar-refractivity contribution in [1.82, 2.24) is 15.1 Å². The Kier molecular flexibility index (Phi) is 5.85. The fraction of sp³-hybridized carbons (Fsp3) is 0.316. The summed E-state index contributed by atoms with van der Waals surface area (Å²) in [5.74, 6) is -1.16. The maximum atomic E-state index is 13.3. The zero-order valence-corrected chi connectivity index (χ0v) is 15.7. The van der Waals surface area contributed by atoms with E-state index in [1.165, 1.54) is 29.5 Å². The Morgan fingerprint density at radius 3 is 2.41 bits per heavy atom. The largest absolute Gasteiger partial charge is 0.340 e. The number of nitrogens with zero attached hydrogens (tertiary/aromatic N) is 2. The lowest BCUT2D eigenvalue weighted by Crippen LogP contribution is -2.55. The lowest BCUT2D eigenvalue weighted by atomic mass is 10.1. The molecule has 1 aliphatic heterocycles. The minimum atomic E-state index is -0.648. The molecule has 0 aliphatic carbocycles. The van der Waals surface area contributed by atoms with Crippen molar-refractivity contribution in [1.29, 1.82) is 0 Å². The van der Waals surface area contributed by atoms with E-state index >= 15 is 0 Å². The second-order valence-corrected chi connectivity index (χ2v) is 7.25. The molecule has 1 aromatic carbocycles. The Morgan fingerprint density at radius 1 is 1.07 bits per heavy atom. The summed E-state index contributed by atoms with van der Waals surface area (Å²) in [4.78, 5) is 40.9. The smallest absolute Gasteiger partial charge is 0.261 e. The van der Waals surface area contributed by atoms with Crippen molar-refractivity contribution >= 4 is 29.1 Å². The van der Waals surface area contributed by atoms with Crippen molar-refractivity contribution < 1.29 is 18.8 Å². The van der Waals surface area contributed by atoms with Crippen LogP contribution in [0.2, 0.25) is 0 Å². The minimum Gasteiger partial charge on any atom is -0.340 e. The van der Waals surface area contributed by atoms with Gasteiger partial charge in [0.1, 0.15) is 11.9 Å². The van der Waals surface area contributed by atoms with Crippen LogP contribution in [0.1, 0.15) is 27.0 Å². The molecule has 142 valence electrons. The van der Waals surface area contributed by atoms with Crippen molar-refractivity contribution in [2.24, 2.45) is 0 Å². The predicted octanol–water partition coefficient (Wildman–Crippen LogP) is 1.99. The fourth-order valence-corrected chi connectivity index (χ4v) is 3.57. The average Bonchev–Trinajstić information content (AvgIpc) is 3.22. The monoisotopic (exact) mass is 389 g/mol. The van der Waals surface area contributed by atoms with E-state index in [4.69, 9.17) is 0 Å². The predicted molar refractivity (Wildman–Crippen MR) is 100 cm³/mol. The third-order valence-corrected chi connectivity index (χ3v) is 5.28. The van der Waals surface area contributed by atoms with Gasteiger partial charge in [0.2, 0.25) is 5.91 Å². The van der Waals surface area contributed by atoms with Crippen molar-refractivity contribution in [3.63, 3.8) is 0 Å². The van der Waals surface area contributed by atoms with Gasteiger partial charge in [-0.25, -0.2) is 4.39 Å². The van der Waals surface area contributed by atoms with Gasteiger partial charge in [0, 0.05) is 31.7 Å². The molecule has 3 amide bonds. The number of rotatable bonds is 4. The number of nitrogens with one attached hydrogen (secondary N) is 1. The van der Waals surface area contributed by atoms with E-state index in [-0.39, 0.29) is 17.7 Å². The number of hydrogen-bond acceptors (Lipinski definition) is 4. The van der Waals surface area contributed by atoms with Gasteiger partial charge in [0.05, 0.1) is 4.88 Å². The van der Waals surface area contributed by atoms with Gasteiger partial charge < -0.3 is 15.1 Å². The molecule has 8 heteroatoms. The molecular formula is C19H20FN3O3S. The Labute approximate surface area is 160 Å². The molecule has 6 nitrogen and oxygen atoms in total. The number of carbonyl (C=O) groups is 3. The maximum Gasteiger partial charge on any atom is 0.261 e. The SMILES string of the molecule is CC(NC(=O)c1cccs1)C(=O)N1CCN(C(=O)c2cccc(F)c2)CC1. The molecule has 0 spiro atoms. The molecule has 27 heavy (non-hydrogen) atoms. The quantitative estimate of drug-likeness (QED) is 0.870. The molecule has 1 saturated heterocycles. The highest BCUT2D eigenvalue weighted by atomic mass is 32.1. The van der Waals surface area contributed by atoms with E-state index in [1.54, 1.807) is 40.3 Å². The van der Waals surface area contributed by atoms with Gasteiger partial charge in [-0.05, 0) is 36.6 Å². The van der Waals surface area contributed by atoms with Crippen LogP contribution >= 0.6 is 11.3 Å². The summed E-state index contributed by atoms with van der Waals surface area (Å²) in [6, 6.07) is 8.41. The first-order valence-corrected chi connectivity index (χ1v) is 9.51. The second kappa shape index (κ2) is 8.30. The molecule has 1 aliphatic rings. The molecule has 1 fully saturated rings. The van der Waals surface area contributed by atoms with Gasteiger partial charge >= 0.3 is 0 Å². The Morgan fingerprint density at radius 2 is 1.78 bits per heavy atom. The summed E-state index contributed by atoms with van der Waals surface area (Å²) < 4.78 is 13.3. The number of thiophene rings is 1. The van der Waals surface area contributed by atoms with Gasteiger partial charge in [-0.1, -0.05) is 12.1 Å². The normalized spacial score (nSPS) is 15.3. The van der Waals surface area contributed by atoms with Crippen molar-refractivity contribution in [3.8, 4) is 0 Å². The summed E-state index contributed by atoms with van der Waals surface area (Å²) >= 11 is 1.31. The number of benzene rings is 1. The van der Waals surface area contributed by atoms with Crippen molar-refractivity contribution in [2.75, 3.05) is 26.2 Å². The second-order valence-electron chi connectivity index (χ2n) is 6.30. The Hall–Kier alpha value is -2.74. The summed E-state index contributed by atoms with van der Waals surface area (Å²) in [5, 5.41) is 4.51. The van der Waals surface area contributed by atoms with Crippen LogP contribution in [0.15, 0.2) is 41.8 Å². The molecule has 1 atom stereocenters. The van der Waals surface area contributed by atoms with Crippen LogP contribution in [0.25, 0.3) is 0 Å². The standard InChI is InChI=1S/C19H20FN3O3S/c1-13(21-17(24)16-6-3-11-27-16)18(25)22-7-9-23(10-8-22)19(26)14-4-2-5-15(20)12-14/h2-6,11-13H,7-10H2,1H3,(H,21,24). The van der Waals surface area contributed by atoms with Crippen molar-refractivity contribution in [2.45, 2.75) is 13.0 Å². The maximum absolute atomic E-state index is 13.3. The van der Waals surface area contributed by atoms with Gasteiger partial charge in [0.25, 0.3) is 11.8 Å². The summed E-state index contributed by atoms with van der Waals surface area (Å²) in [6.45, 7) is 3.13. The third-order valence-electron chi connectivity index (χ3n) is 4.41. The van der Waals surface area contributed by atoms with E-state index in [9.17, 15) is 18.8 Å². The Balaban J connectivity index is 1.53. The van der Waals surface area contributed by atoms with Crippen LogP contribution < -0.4 is 5.32 Å². The van der Waals surface area contributed by atoms with Crippen LogP contribution in [0.4, 0.5) is 4.39 Å². The highest BCUT2D eigenvalue weighted by molar-refractivity contribution is 7.12. The molecular weight excluding hydrogens is 369 g/mol. The molecule has 1 unspecified atom stereocenters. The summed E-state index contributed by atoms with van der Waals surface area (Å²) in [6.07, 6.45) is 0. The first-order chi connectivity index (χ1) is 13.0. The van der Waals surface area contributed by atoms with E-state index in [0.29, 0.717) is 36.6 Å². The zero-order chi connectivity index (χ0) is 19.4. The highest BCUT2D eigenvalue weighted by Gasteiger charge is 2.28. The van der Waals surface area contributed by atoms with E-state index in [1.807, 2.05) is 0 Å². The molecule has 0 saturated carbocycles. The van der Waals surface area contributed by atoms with Crippen LogP contribution in [0, 0.1) is 5.82 Å². The van der Waals surface area contributed by atoms with Crippen molar-refractivity contribution in [3.05, 3.63) is 58.0 Å². The van der Waals surface area contributed by atoms with Crippen LogP contribution in [-0.4, -0.2) is 59.7 Å². The lowest BCUT2D eigenvalue weighted by Gasteiger charge is -2.36. The minimum absolute atomic E-state index is 0.183. The number of carbonyl (C=O) groups excluding carboxylic acids is 3. The van der Waals surface area contributed by atoms with Gasteiger partial charge in [-0.3, -0.25) is 14.4 Å². The third kappa shape index (κ3) is 4.51. The molecule has 1 N–H and O–H groups in total. The van der Waals surface area contributed by atoms with Crippen LogP contribution in [0.3, 0.4) is 0 Å². The first-order valence-electron chi connectivity index (χ1n) is 8.63. The van der Waals surface area contributed by atoms with Crippen LogP contribution in [-0.2, 0) is 4.79 Å². The fourth-order valence-electron chi connectivity index (χ4n) is 2.95. The molecule has 0 radical (unpaired) electrons. The van der Waals surface area contributed by atoms with E-state index < -0.39 is 11.9 Å². The molecule has 0 bridgehead atoms. The topological polar surface area (TPSA) is 69.7 Å². The highest BCUT2D eigenvalue weighted by Crippen LogP contribution is 2.12. The molecule has 1 aromatic heterocycles. The zero-order valence-electron chi connectivity index (χ0n) is 14.9. The van der Waals surface area contributed by atoms with E-state index in [0.717, 1.165) is 0 Å². The van der Waals surface area contributed by atoms with Gasteiger partial charge in [-0.15, -0.1) is 11.3 Å². The Bertz CT molecular complexity index is 832. The van der Waals surface area contributed by atoms with E-state index in [2.05, 4.69) is 5.32 Å². The van der Waals surface area contributed by atoms with Gasteiger partial charge in [0.15, 0.2) is 0 Å². The number of piperazine rings is 1. The molecule has 3 rings (SSSR count). The van der Waals surface area contributed by atoms with Crippen LogP contribution in [0.5, 0.6) is 0 Å².